The van der Waals surface area contributed by atoms with Gasteiger partial charge in [-0.25, -0.2) is 4.39 Å². The van der Waals surface area contributed by atoms with Crippen LogP contribution in [-0.2, 0) is 4.74 Å². The number of thiophene rings is 1. The van der Waals surface area contributed by atoms with Crippen molar-refractivity contribution in [1.29, 1.82) is 0 Å². The molecule has 1 aliphatic heterocycles. The number of nitrogens with zero attached hydrogens (tertiary/aromatic N) is 1. The minimum absolute atomic E-state index is 0.0115. The molecule has 0 aliphatic carbocycles. The molecule has 21 heavy (non-hydrogen) atoms. The molecule has 1 aliphatic rings. The molecule has 0 spiro atoms. The van der Waals surface area contributed by atoms with Crippen molar-refractivity contribution in [3.63, 3.8) is 0 Å². The second-order valence-corrected chi connectivity index (χ2v) is 6.76. The molecule has 3 rings (SSSR count). The Labute approximate surface area is 131 Å². The molecule has 6 heteroatoms. The third-order valence-electron chi connectivity index (χ3n) is 3.51. The molecule has 112 valence electrons. The summed E-state index contributed by atoms with van der Waals surface area (Å²) < 4.78 is 20.2. The molecule has 0 bridgehead atoms. The van der Waals surface area contributed by atoms with E-state index in [1.54, 1.807) is 17.0 Å². The summed E-state index contributed by atoms with van der Waals surface area (Å²) in [7, 11) is 0. The number of fused-ring (bicyclic) bond motifs is 1. The third kappa shape index (κ3) is 2.65. The van der Waals surface area contributed by atoms with E-state index in [1.807, 2.05) is 13.8 Å². The fraction of sp³-hybridized carbons (Fsp3) is 0.400. The smallest absolute Gasteiger partial charge is 0.265 e. The second-order valence-electron chi connectivity index (χ2n) is 5.33. The SMILES string of the molecule is C[C@H]1CN(C(=O)c2sc3cccc(F)c3c2Cl)C[C@H](C)O1. The normalized spacial score (nSPS) is 22.8. The number of carbonyl (C=O) groups excluding carboxylic acids is 1. The fourth-order valence-electron chi connectivity index (χ4n) is 2.70. The Kier molecular flexibility index (Phi) is 3.90. The number of morpholine rings is 1. The maximum absolute atomic E-state index is 13.9. The van der Waals surface area contributed by atoms with Gasteiger partial charge in [-0.1, -0.05) is 17.7 Å². The molecule has 1 amide bonds. The highest BCUT2D eigenvalue weighted by molar-refractivity contribution is 7.21. The van der Waals surface area contributed by atoms with Crippen LogP contribution < -0.4 is 0 Å². The number of rotatable bonds is 1. The Morgan fingerprint density at radius 1 is 1.38 bits per heavy atom. The van der Waals surface area contributed by atoms with Crippen molar-refractivity contribution >= 4 is 38.9 Å². The molecular weight excluding hydrogens is 313 g/mol. The Bertz CT molecular complexity index is 692. The Morgan fingerprint density at radius 3 is 2.67 bits per heavy atom. The average molecular weight is 328 g/mol. The minimum Gasteiger partial charge on any atom is -0.372 e. The van der Waals surface area contributed by atoms with Gasteiger partial charge in [0.1, 0.15) is 10.7 Å². The Balaban J connectivity index is 1.98. The summed E-state index contributed by atoms with van der Waals surface area (Å²) in [6.45, 7) is 4.91. The van der Waals surface area contributed by atoms with Gasteiger partial charge in [0.15, 0.2) is 0 Å². The van der Waals surface area contributed by atoms with Crippen molar-refractivity contribution in [2.24, 2.45) is 0 Å². The van der Waals surface area contributed by atoms with Gasteiger partial charge >= 0.3 is 0 Å². The molecule has 2 atom stereocenters. The van der Waals surface area contributed by atoms with Crippen LogP contribution in [0.15, 0.2) is 18.2 Å². The molecule has 1 saturated heterocycles. The van der Waals surface area contributed by atoms with E-state index >= 15 is 0 Å². The van der Waals surface area contributed by atoms with Crippen molar-refractivity contribution in [1.82, 2.24) is 4.90 Å². The first-order valence-corrected chi connectivity index (χ1v) is 7.98. The summed E-state index contributed by atoms with van der Waals surface area (Å²) in [6.07, 6.45) is -0.0230. The molecule has 0 saturated carbocycles. The van der Waals surface area contributed by atoms with Gasteiger partial charge in [0, 0.05) is 23.2 Å². The summed E-state index contributed by atoms with van der Waals surface area (Å²) in [5.41, 5.74) is 0. The van der Waals surface area contributed by atoms with Crippen LogP contribution in [0, 0.1) is 5.82 Å². The van der Waals surface area contributed by atoms with Crippen molar-refractivity contribution in [3.05, 3.63) is 33.9 Å². The van der Waals surface area contributed by atoms with E-state index in [0.29, 0.717) is 28.1 Å². The van der Waals surface area contributed by atoms with Crippen LogP contribution in [0.5, 0.6) is 0 Å². The van der Waals surface area contributed by atoms with Gasteiger partial charge < -0.3 is 9.64 Å². The van der Waals surface area contributed by atoms with Gasteiger partial charge in [-0.05, 0) is 26.0 Å². The number of hydrogen-bond acceptors (Lipinski definition) is 3. The minimum atomic E-state index is -0.392. The predicted molar refractivity (Wildman–Crippen MR) is 82.7 cm³/mol. The van der Waals surface area contributed by atoms with Crippen molar-refractivity contribution < 1.29 is 13.9 Å². The van der Waals surface area contributed by atoms with Crippen LogP contribution in [0.25, 0.3) is 10.1 Å². The summed E-state index contributed by atoms with van der Waals surface area (Å²) in [5.74, 6) is -0.542. The summed E-state index contributed by atoms with van der Waals surface area (Å²) >= 11 is 7.48. The number of hydrogen-bond donors (Lipinski definition) is 0. The van der Waals surface area contributed by atoms with Crippen LogP contribution >= 0.6 is 22.9 Å². The number of halogens is 2. The summed E-state index contributed by atoms with van der Waals surface area (Å²) in [4.78, 5) is 14.8. The molecule has 3 nitrogen and oxygen atoms in total. The highest BCUT2D eigenvalue weighted by atomic mass is 35.5. The quantitative estimate of drug-likeness (QED) is 0.794. The zero-order chi connectivity index (χ0) is 15.1. The first kappa shape index (κ1) is 14.8. The second kappa shape index (κ2) is 5.55. The monoisotopic (exact) mass is 327 g/mol. The molecule has 1 aromatic carbocycles. The van der Waals surface area contributed by atoms with E-state index in [0.717, 1.165) is 0 Å². The van der Waals surface area contributed by atoms with E-state index in [-0.39, 0.29) is 23.1 Å². The largest absolute Gasteiger partial charge is 0.372 e. The van der Waals surface area contributed by atoms with Crippen LogP contribution in [0.3, 0.4) is 0 Å². The standard InChI is InChI=1S/C15H15ClFNO2S/c1-8-6-18(7-9(2)20-8)15(19)14-13(16)12-10(17)4-3-5-11(12)21-14/h3-5,8-9H,6-7H2,1-2H3/t8-,9-/m0/s1. The predicted octanol–water partition coefficient (Wildman–Crippen LogP) is 3.94. The van der Waals surface area contributed by atoms with Gasteiger partial charge in [-0.2, -0.15) is 0 Å². The number of ether oxygens (including phenoxy) is 1. The summed E-state index contributed by atoms with van der Waals surface area (Å²) in [5, 5.41) is 0.548. The summed E-state index contributed by atoms with van der Waals surface area (Å²) in [6, 6.07) is 4.75. The van der Waals surface area contributed by atoms with Crippen LogP contribution in [-0.4, -0.2) is 36.1 Å². The van der Waals surface area contributed by atoms with Gasteiger partial charge in [0.05, 0.1) is 17.2 Å². The molecule has 1 aromatic heterocycles. The number of benzene rings is 1. The molecule has 2 heterocycles. The van der Waals surface area contributed by atoms with Crippen molar-refractivity contribution in [2.75, 3.05) is 13.1 Å². The van der Waals surface area contributed by atoms with E-state index in [9.17, 15) is 9.18 Å². The van der Waals surface area contributed by atoms with Gasteiger partial charge in [-0.15, -0.1) is 11.3 Å². The van der Waals surface area contributed by atoms with Gasteiger partial charge in [0.25, 0.3) is 5.91 Å². The lowest BCUT2D eigenvalue weighted by molar-refractivity contribution is -0.0584. The third-order valence-corrected chi connectivity index (χ3v) is 5.14. The first-order chi connectivity index (χ1) is 9.97. The lowest BCUT2D eigenvalue weighted by Gasteiger charge is -2.35. The fourth-order valence-corrected chi connectivity index (χ4v) is 4.22. The van der Waals surface area contributed by atoms with E-state index in [4.69, 9.17) is 16.3 Å². The highest BCUT2D eigenvalue weighted by Crippen LogP contribution is 2.37. The average Bonchev–Trinajstić information content (AvgIpc) is 2.75. The molecule has 0 N–H and O–H groups in total. The van der Waals surface area contributed by atoms with E-state index in [2.05, 4.69) is 0 Å². The van der Waals surface area contributed by atoms with Crippen LogP contribution in [0.4, 0.5) is 4.39 Å². The number of amides is 1. The molecule has 0 radical (unpaired) electrons. The lowest BCUT2D eigenvalue weighted by Crippen LogP contribution is -2.48. The van der Waals surface area contributed by atoms with Gasteiger partial charge in [0.2, 0.25) is 0 Å². The van der Waals surface area contributed by atoms with Crippen molar-refractivity contribution in [3.8, 4) is 0 Å². The Hall–Kier alpha value is -1.17. The molecule has 0 unspecified atom stereocenters. The molecular formula is C15H15ClFNO2S. The Morgan fingerprint density at radius 2 is 2.05 bits per heavy atom. The van der Waals surface area contributed by atoms with E-state index in [1.165, 1.54) is 17.4 Å². The van der Waals surface area contributed by atoms with Crippen molar-refractivity contribution in [2.45, 2.75) is 26.1 Å². The lowest BCUT2D eigenvalue weighted by atomic mass is 10.2. The maximum atomic E-state index is 13.9. The zero-order valence-corrected chi connectivity index (χ0v) is 13.3. The van der Waals surface area contributed by atoms with Crippen LogP contribution in [0.2, 0.25) is 5.02 Å². The van der Waals surface area contributed by atoms with Gasteiger partial charge in [-0.3, -0.25) is 4.79 Å². The first-order valence-electron chi connectivity index (χ1n) is 6.78. The zero-order valence-electron chi connectivity index (χ0n) is 11.7. The highest BCUT2D eigenvalue weighted by Gasteiger charge is 2.29. The topological polar surface area (TPSA) is 29.5 Å². The maximum Gasteiger partial charge on any atom is 0.265 e. The molecule has 2 aromatic rings. The van der Waals surface area contributed by atoms with Crippen LogP contribution in [0.1, 0.15) is 23.5 Å². The van der Waals surface area contributed by atoms with E-state index < -0.39 is 5.82 Å². The number of carbonyl (C=O) groups is 1. The molecule has 1 fully saturated rings.